The van der Waals surface area contributed by atoms with Gasteiger partial charge in [-0.15, -0.1) is 4.48 Å². The standard InChI is InChI=1S/C19H26N2O5/c1-13(2)11-15(20)17(22)21(10-6-9-16(21)18(23)24)19(25)26-12-14-7-4-3-5-8-14/h3-5,7-8,13,15-16H,6,9-12,20H2,1-2H3/p+1/t15-,16-,21?/m0/s1. The maximum Gasteiger partial charge on any atom is 0.524 e. The Balaban J connectivity index is 2.27. The van der Waals surface area contributed by atoms with Gasteiger partial charge in [0.25, 0.3) is 0 Å². The van der Waals surface area contributed by atoms with E-state index in [-0.39, 0.29) is 25.5 Å². The summed E-state index contributed by atoms with van der Waals surface area (Å²) in [6.45, 7) is 3.93. The maximum absolute atomic E-state index is 13.1. The van der Waals surface area contributed by atoms with E-state index in [1.54, 1.807) is 12.1 Å². The van der Waals surface area contributed by atoms with Crippen LogP contribution in [-0.2, 0) is 20.9 Å². The third-order valence-corrected chi connectivity index (χ3v) is 4.77. The van der Waals surface area contributed by atoms with E-state index >= 15 is 0 Å². The van der Waals surface area contributed by atoms with Gasteiger partial charge in [-0.25, -0.2) is 9.59 Å². The first-order valence-corrected chi connectivity index (χ1v) is 8.90. The van der Waals surface area contributed by atoms with Crippen LogP contribution in [0.25, 0.3) is 0 Å². The fraction of sp³-hybridized carbons (Fsp3) is 0.526. The molecule has 1 heterocycles. The molecule has 1 saturated heterocycles. The van der Waals surface area contributed by atoms with Crippen molar-refractivity contribution < 1.29 is 28.7 Å². The number of likely N-dealkylation sites (tertiary alicyclic amines) is 1. The van der Waals surface area contributed by atoms with Gasteiger partial charge in [0, 0.05) is 12.8 Å². The number of nitrogens with zero attached hydrogens (tertiary/aromatic N) is 1. The molecule has 3 N–H and O–H groups in total. The van der Waals surface area contributed by atoms with Crippen LogP contribution in [-0.4, -0.2) is 46.2 Å². The van der Waals surface area contributed by atoms with Crippen LogP contribution < -0.4 is 5.73 Å². The van der Waals surface area contributed by atoms with Crippen LogP contribution in [0.4, 0.5) is 4.79 Å². The van der Waals surface area contributed by atoms with Crippen molar-refractivity contribution >= 4 is 18.0 Å². The van der Waals surface area contributed by atoms with Crippen molar-refractivity contribution in [3.05, 3.63) is 35.9 Å². The molecule has 3 atom stereocenters. The Kier molecular flexibility index (Phi) is 6.50. The highest BCUT2D eigenvalue weighted by Crippen LogP contribution is 2.31. The number of carbonyl (C=O) groups excluding carboxylic acids is 2. The van der Waals surface area contributed by atoms with Crippen LogP contribution in [0.5, 0.6) is 0 Å². The number of benzene rings is 1. The minimum Gasteiger partial charge on any atom is -0.477 e. The summed E-state index contributed by atoms with van der Waals surface area (Å²) in [5, 5.41) is 9.58. The first kappa shape index (κ1) is 20.1. The molecule has 7 heteroatoms. The second kappa shape index (κ2) is 8.42. The predicted octanol–water partition coefficient (Wildman–Crippen LogP) is 2.29. The summed E-state index contributed by atoms with van der Waals surface area (Å²) in [5.41, 5.74) is 6.79. The van der Waals surface area contributed by atoms with E-state index in [9.17, 15) is 19.5 Å². The highest BCUT2D eigenvalue weighted by atomic mass is 16.6. The van der Waals surface area contributed by atoms with Crippen molar-refractivity contribution in [2.45, 2.75) is 51.8 Å². The number of quaternary nitrogens is 1. The molecule has 1 fully saturated rings. The van der Waals surface area contributed by atoms with Gasteiger partial charge >= 0.3 is 18.0 Å². The molecule has 0 radical (unpaired) electrons. The first-order chi connectivity index (χ1) is 12.3. The second-order valence-electron chi connectivity index (χ2n) is 7.20. The molecule has 2 amide bonds. The third-order valence-electron chi connectivity index (χ3n) is 4.77. The topological polar surface area (TPSA) is 107 Å². The molecule has 0 saturated carbocycles. The van der Waals surface area contributed by atoms with Crippen molar-refractivity contribution in [1.29, 1.82) is 0 Å². The zero-order valence-corrected chi connectivity index (χ0v) is 15.3. The largest absolute Gasteiger partial charge is 0.524 e. The van der Waals surface area contributed by atoms with Gasteiger partial charge in [0.15, 0.2) is 0 Å². The molecule has 0 aliphatic carbocycles. The van der Waals surface area contributed by atoms with Crippen LogP contribution in [0.2, 0.25) is 0 Å². The molecular formula is C19H27N2O5+. The Bertz CT molecular complexity index is 661. The summed E-state index contributed by atoms with van der Waals surface area (Å²) in [6, 6.07) is 7.00. The minimum absolute atomic E-state index is 0.0152. The zero-order valence-electron chi connectivity index (χ0n) is 15.3. The highest BCUT2D eigenvalue weighted by molar-refractivity contribution is 5.89. The van der Waals surface area contributed by atoms with E-state index in [0.29, 0.717) is 12.8 Å². The summed E-state index contributed by atoms with van der Waals surface area (Å²) >= 11 is 0. The number of nitrogens with two attached hydrogens (primary N) is 1. The number of carboxylic acid groups (broad SMARTS) is 1. The smallest absolute Gasteiger partial charge is 0.477 e. The molecule has 1 aliphatic rings. The van der Waals surface area contributed by atoms with Gasteiger partial charge in [0.1, 0.15) is 12.6 Å². The van der Waals surface area contributed by atoms with Crippen molar-refractivity contribution in [2.24, 2.45) is 11.7 Å². The Morgan fingerprint density at radius 1 is 1.27 bits per heavy atom. The average molecular weight is 363 g/mol. The quantitative estimate of drug-likeness (QED) is 0.751. The summed E-state index contributed by atoms with van der Waals surface area (Å²) in [5.74, 6) is -1.59. The molecule has 1 aliphatic heterocycles. The molecule has 0 bridgehead atoms. The van der Waals surface area contributed by atoms with Crippen LogP contribution in [0.1, 0.15) is 38.7 Å². The van der Waals surface area contributed by atoms with E-state index in [0.717, 1.165) is 5.56 Å². The minimum atomic E-state index is -1.18. The lowest BCUT2D eigenvalue weighted by Gasteiger charge is -2.33. The molecule has 142 valence electrons. The molecular weight excluding hydrogens is 336 g/mol. The van der Waals surface area contributed by atoms with Crippen LogP contribution >= 0.6 is 0 Å². The van der Waals surface area contributed by atoms with Crippen molar-refractivity contribution in [3.8, 4) is 0 Å². The second-order valence-corrected chi connectivity index (χ2v) is 7.20. The average Bonchev–Trinajstić information content (AvgIpc) is 3.05. The van der Waals surface area contributed by atoms with Gasteiger partial charge in [-0.1, -0.05) is 44.2 Å². The zero-order chi connectivity index (χ0) is 19.3. The van der Waals surface area contributed by atoms with Gasteiger partial charge in [-0.2, -0.15) is 4.79 Å². The van der Waals surface area contributed by atoms with Gasteiger partial charge in [0.2, 0.25) is 6.04 Å². The van der Waals surface area contributed by atoms with E-state index in [2.05, 4.69) is 0 Å². The Labute approximate surface area is 153 Å². The van der Waals surface area contributed by atoms with Crippen LogP contribution in [0, 0.1) is 5.92 Å². The summed E-state index contributed by atoms with van der Waals surface area (Å²) in [6.07, 6.45) is 0.257. The SMILES string of the molecule is CC(C)C[C@H](N)C(=O)[N+]1(C(=O)OCc2ccccc2)CCC[C@H]1C(=O)O. The third kappa shape index (κ3) is 4.11. The molecule has 1 aromatic carbocycles. The van der Waals surface area contributed by atoms with Gasteiger partial charge in [-0.05, 0) is 17.9 Å². The van der Waals surface area contributed by atoms with Gasteiger partial charge in [0.05, 0.1) is 6.54 Å². The van der Waals surface area contributed by atoms with E-state index in [1.165, 1.54) is 0 Å². The van der Waals surface area contributed by atoms with E-state index in [4.69, 9.17) is 10.5 Å². The Morgan fingerprint density at radius 3 is 2.50 bits per heavy atom. The number of carbonyl (C=O) groups is 3. The lowest BCUT2D eigenvalue weighted by atomic mass is 10.0. The number of hydrogen-bond donors (Lipinski definition) is 2. The molecule has 1 unspecified atom stereocenters. The maximum atomic E-state index is 13.1. The van der Waals surface area contributed by atoms with Crippen molar-refractivity contribution in [1.82, 2.24) is 0 Å². The summed E-state index contributed by atoms with van der Waals surface area (Å²) in [4.78, 5) is 37.7. The highest BCUT2D eigenvalue weighted by Gasteiger charge is 2.60. The molecule has 2 rings (SSSR count). The monoisotopic (exact) mass is 363 g/mol. The number of ether oxygens (including phenoxy) is 1. The lowest BCUT2D eigenvalue weighted by molar-refractivity contribution is -0.787. The normalized spacial score (nSPS) is 23.6. The fourth-order valence-corrected chi connectivity index (χ4v) is 3.53. The fourth-order valence-electron chi connectivity index (χ4n) is 3.53. The summed E-state index contributed by atoms with van der Waals surface area (Å²) in [7, 11) is 0. The number of rotatable bonds is 6. The van der Waals surface area contributed by atoms with E-state index < -0.39 is 34.5 Å². The number of aliphatic carboxylic acids is 1. The van der Waals surface area contributed by atoms with Crippen LogP contribution in [0.15, 0.2) is 30.3 Å². The first-order valence-electron chi connectivity index (χ1n) is 8.90. The number of imide groups is 1. The van der Waals surface area contributed by atoms with E-state index in [1.807, 2.05) is 32.0 Å². The molecule has 0 spiro atoms. The number of amides is 2. The van der Waals surface area contributed by atoms with Gasteiger partial charge < -0.3 is 15.6 Å². The van der Waals surface area contributed by atoms with Crippen molar-refractivity contribution in [2.75, 3.05) is 6.54 Å². The molecule has 0 aromatic heterocycles. The molecule has 1 aromatic rings. The molecule has 7 nitrogen and oxygen atoms in total. The number of hydrogen-bond acceptors (Lipinski definition) is 5. The lowest BCUT2D eigenvalue weighted by Crippen LogP contribution is -2.66. The Morgan fingerprint density at radius 2 is 1.92 bits per heavy atom. The van der Waals surface area contributed by atoms with Gasteiger partial charge in [-0.3, -0.25) is 0 Å². The summed E-state index contributed by atoms with van der Waals surface area (Å²) < 4.78 is 4.51. The van der Waals surface area contributed by atoms with Crippen LogP contribution in [0.3, 0.4) is 0 Å². The number of carboxylic acids is 1. The van der Waals surface area contributed by atoms with Crippen molar-refractivity contribution in [3.63, 3.8) is 0 Å². The Hall–Kier alpha value is -2.25. The molecule has 26 heavy (non-hydrogen) atoms. The predicted molar refractivity (Wildman–Crippen MR) is 94.8 cm³/mol.